The lowest BCUT2D eigenvalue weighted by Crippen LogP contribution is -2.53. The minimum Gasteiger partial charge on any atom is -0.446 e. The van der Waals surface area contributed by atoms with Crippen LogP contribution in [0.5, 0.6) is 0 Å². The Morgan fingerprint density at radius 1 is 1.34 bits per heavy atom. The Labute approximate surface area is 165 Å². The summed E-state index contributed by atoms with van der Waals surface area (Å²) < 4.78 is 12.3. The second kappa shape index (κ2) is 6.46. The Bertz CT molecular complexity index is 1140. The van der Waals surface area contributed by atoms with E-state index in [1.807, 2.05) is 6.07 Å². The van der Waals surface area contributed by atoms with E-state index in [9.17, 15) is 10.1 Å². The lowest BCUT2D eigenvalue weighted by atomic mass is 9.91. The van der Waals surface area contributed by atoms with Gasteiger partial charge in [-0.3, -0.25) is 10.1 Å². The number of aromatic nitrogens is 5. The van der Waals surface area contributed by atoms with Crippen LogP contribution in [-0.2, 0) is 16.5 Å². The summed E-state index contributed by atoms with van der Waals surface area (Å²) >= 11 is 0. The minimum atomic E-state index is -0.455. The van der Waals surface area contributed by atoms with Crippen LogP contribution in [0.2, 0.25) is 0 Å². The van der Waals surface area contributed by atoms with E-state index in [0.29, 0.717) is 66.5 Å². The second-order valence-electron chi connectivity index (χ2n) is 7.15. The van der Waals surface area contributed by atoms with Crippen molar-refractivity contribution in [2.24, 2.45) is 7.05 Å². The van der Waals surface area contributed by atoms with Gasteiger partial charge in [0, 0.05) is 20.3 Å². The van der Waals surface area contributed by atoms with Gasteiger partial charge in [0.2, 0.25) is 0 Å². The summed E-state index contributed by atoms with van der Waals surface area (Å²) in [6.45, 7) is 1.45. The zero-order chi connectivity index (χ0) is 20.0. The van der Waals surface area contributed by atoms with Crippen molar-refractivity contribution in [3.05, 3.63) is 24.3 Å². The predicted octanol–water partition coefficient (Wildman–Crippen LogP) is 1.56. The first kappa shape index (κ1) is 17.4. The van der Waals surface area contributed by atoms with Crippen LogP contribution >= 0.6 is 0 Å². The summed E-state index contributed by atoms with van der Waals surface area (Å²) in [6, 6.07) is 3.99. The molecule has 0 radical (unpaired) electrons. The third-order valence-corrected chi connectivity index (χ3v) is 5.52. The molecule has 0 atom stereocenters. The normalized spacial score (nSPS) is 18.2. The Balaban J connectivity index is 1.53. The topological polar surface area (TPSA) is 134 Å². The van der Waals surface area contributed by atoms with E-state index in [-0.39, 0.29) is 0 Å². The average molecular weight is 394 g/mol. The van der Waals surface area contributed by atoms with Gasteiger partial charge in [-0.25, -0.2) is 19.8 Å². The van der Waals surface area contributed by atoms with E-state index in [0.717, 1.165) is 0 Å². The largest absolute Gasteiger partial charge is 0.446 e. The molecule has 11 nitrogen and oxygen atoms in total. The van der Waals surface area contributed by atoms with Gasteiger partial charge in [0.1, 0.15) is 35.9 Å². The fourth-order valence-corrected chi connectivity index (χ4v) is 3.85. The van der Waals surface area contributed by atoms with Crippen molar-refractivity contribution in [2.45, 2.75) is 18.4 Å². The molecule has 3 aromatic heterocycles. The molecule has 3 aromatic rings. The number of amides is 1. The van der Waals surface area contributed by atoms with Gasteiger partial charge in [-0.05, 0) is 18.9 Å². The quantitative estimate of drug-likeness (QED) is 0.683. The van der Waals surface area contributed by atoms with E-state index < -0.39 is 11.6 Å². The number of aryl methyl sites for hydroxylation is 1. The highest BCUT2D eigenvalue weighted by Crippen LogP contribution is 2.35. The van der Waals surface area contributed by atoms with Crippen LogP contribution in [0, 0.1) is 11.3 Å². The fourth-order valence-electron chi connectivity index (χ4n) is 3.85. The second-order valence-corrected chi connectivity index (χ2v) is 7.15. The maximum Gasteiger partial charge on any atom is 0.429 e. The van der Waals surface area contributed by atoms with Gasteiger partial charge in [0.05, 0.1) is 22.8 Å². The van der Waals surface area contributed by atoms with Crippen molar-refractivity contribution in [3.8, 4) is 17.3 Å². The molecule has 2 N–H and O–H groups in total. The maximum absolute atomic E-state index is 12.4. The van der Waals surface area contributed by atoms with Gasteiger partial charge >= 0.3 is 6.09 Å². The molecule has 0 saturated carbocycles. The minimum absolute atomic E-state index is 0.315. The highest BCUT2D eigenvalue weighted by Gasteiger charge is 2.49. The van der Waals surface area contributed by atoms with Crippen molar-refractivity contribution in [1.29, 1.82) is 5.26 Å². The van der Waals surface area contributed by atoms with Crippen LogP contribution in [0.15, 0.2) is 18.6 Å². The number of carbonyl (C=O) groups excluding carboxylic acids is 1. The Hall–Kier alpha value is -3.65. The third kappa shape index (κ3) is 2.68. The molecule has 2 fully saturated rings. The monoisotopic (exact) mass is 394 g/mol. The zero-order valence-electron chi connectivity index (χ0n) is 15.7. The number of nitrogens with zero attached hydrogens (tertiary/aromatic N) is 6. The molecular weight excluding hydrogens is 376 g/mol. The Morgan fingerprint density at radius 3 is 2.97 bits per heavy atom. The molecule has 0 unspecified atom stereocenters. The van der Waals surface area contributed by atoms with Crippen LogP contribution in [0.3, 0.4) is 0 Å². The van der Waals surface area contributed by atoms with Crippen LogP contribution < -0.4 is 5.43 Å². The number of hydrazine groups is 1. The number of anilines is 1. The molecular formula is C18H18N8O3. The summed E-state index contributed by atoms with van der Waals surface area (Å²) in [5, 5.41) is 15.8. The molecule has 1 amide bonds. The Kier molecular flexibility index (Phi) is 3.88. The molecule has 1 spiro atoms. The maximum atomic E-state index is 12.4. The molecule has 148 valence electrons. The molecule has 5 rings (SSSR count). The van der Waals surface area contributed by atoms with Crippen molar-refractivity contribution < 1.29 is 14.3 Å². The van der Waals surface area contributed by atoms with E-state index in [4.69, 9.17) is 9.47 Å². The number of nitriles is 1. The molecule has 0 aromatic carbocycles. The standard InChI is InChI=1S/C18H18N8O3/c1-25-14(7-19)12(8-22-25)13-6-11-15(23-13)20-10-21-16(11)24-26-17(27)29-9-18(26)2-4-28-5-3-18/h6,8,10H,2-5,9H2,1H3,(H2,20,21,23,24). The van der Waals surface area contributed by atoms with Gasteiger partial charge in [-0.2, -0.15) is 10.4 Å². The number of rotatable bonds is 3. The third-order valence-electron chi connectivity index (χ3n) is 5.52. The van der Waals surface area contributed by atoms with Gasteiger partial charge in [0.25, 0.3) is 0 Å². The van der Waals surface area contributed by atoms with Crippen LogP contribution in [0.25, 0.3) is 22.3 Å². The van der Waals surface area contributed by atoms with Gasteiger partial charge in [-0.15, -0.1) is 0 Å². The lowest BCUT2D eigenvalue weighted by molar-refractivity contribution is 0.0105. The van der Waals surface area contributed by atoms with Crippen molar-refractivity contribution in [2.75, 3.05) is 25.2 Å². The number of aromatic amines is 1. The molecule has 0 bridgehead atoms. The van der Waals surface area contributed by atoms with Gasteiger partial charge < -0.3 is 14.5 Å². The summed E-state index contributed by atoms with van der Waals surface area (Å²) in [5.41, 5.74) is 5.06. The average Bonchev–Trinajstić information content (AvgIpc) is 3.41. The molecule has 2 aliphatic rings. The molecule has 2 saturated heterocycles. The summed E-state index contributed by atoms with van der Waals surface area (Å²) in [4.78, 5) is 24.2. The van der Waals surface area contributed by atoms with E-state index >= 15 is 0 Å². The summed E-state index contributed by atoms with van der Waals surface area (Å²) in [7, 11) is 1.71. The smallest absolute Gasteiger partial charge is 0.429 e. The van der Waals surface area contributed by atoms with E-state index in [2.05, 4.69) is 31.5 Å². The number of H-pyrrole nitrogens is 1. The summed E-state index contributed by atoms with van der Waals surface area (Å²) in [6.07, 6.45) is 3.96. The number of carbonyl (C=O) groups is 1. The summed E-state index contributed by atoms with van der Waals surface area (Å²) in [5.74, 6) is 0.476. The molecule has 5 heterocycles. The van der Waals surface area contributed by atoms with Crippen molar-refractivity contribution in [3.63, 3.8) is 0 Å². The number of cyclic esters (lactones) is 1. The van der Waals surface area contributed by atoms with Gasteiger partial charge in [-0.1, -0.05) is 0 Å². The molecule has 29 heavy (non-hydrogen) atoms. The van der Waals surface area contributed by atoms with Crippen molar-refractivity contribution in [1.82, 2.24) is 29.7 Å². The number of nitrogens with one attached hydrogen (secondary N) is 2. The first-order valence-electron chi connectivity index (χ1n) is 9.19. The van der Waals surface area contributed by atoms with Crippen LogP contribution in [-0.4, -0.2) is 61.2 Å². The van der Waals surface area contributed by atoms with Gasteiger partial charge in [0.15, 0.2) is 5.82 Å². The number of hydrogen-bond acceptors (Lipinski definition) is 8. The van der Waals surface area contributed by atoms with Crippen LogP contribution in [0.4, 0.5) is 10.6 Å². The SMILES string of the molecule is Cn1ncc(-c2cc3c(NN4C(=O)OCC45CCOCC5)ncnc3[nH]2)c1C#N. The fraction of sp³-hybridized carbons (Fsp3) is 0.389. The zero-order valence-corrected chi connectivity index (χ0v) is 15.7. The predicted molar refractivity (Wildman–Crippen MR) is 100 cm³/mol. The lowest BCUT2D eigenvalue weighted by Gasteiger charge is -2.38. The first-order valence-corrected chi connectivity index (χ1v) is 9.19. The van der Waals surface area contributed by atoms with Crippen LogP contribution in [0.1, 0.15) is 18.5 Å². The Morgan fingerprint density at radius 2 is 2.17 bits per heavy atom. The molecule has 2 aliphatic heterocycles. The number of fused-ring (bicyclic) bond motifs is 1. The highest BCUT2D eigenvalue weighted by atomic mass is 16.6. The van der Waals surface area contributed by atoms with Crippen molar-refractivity contribution >= 4 is 22.9 Å². The number of ether oxygens (including phenoxy) is 2. The number of hydrogen-bond donors (Lipinski definition) is 2. The molecule has 0 aliphatic carbocycles. The highest BCUT2D eigenvalue weighted by molar-refractivity contribution is 5.92. The first-order chi connectivity index (χ1) is 14.1. The van der Waals surface area contributed by atoms with E-state index in [1.165, 1.54) is 16.0 Å². The van der Waals surface area contributed by atoms with E-state index in [1.54, 1.807) is 13.2 Å². The molecule has 11 heteroatoms.